The standard InChI is InChI=1S/3C12H24O2.Al/c3*1-2-3-4-5-6-7-8-9-10-11-12(13)14;/h3*2-11H2,1H3,(H,13,14);. The van der Waals surface area contributed by atoms with Gasteiger partial charge in [-0.1, -0.05) is 175 Å². The zero-order chi connectivity index (χ0) is 31.9. The van der Waals surface area contributed by atoms with Crippen molar-refractivity contribution in [3.8, 4) is 0 Å². The van der Waals surface area contributed by atoms with Gasteiger partial charge in [0.05, 0.1) is 0 Å². The highest BCUT2D eigenvalue weighted by atomic mass is 27.0. The van der Waals surface area contributed by atoms with Crippen molar-refractivity contribution in [2.24, 2.45) is 0 Å². The molecule has 0 aliphatic heterocycles. The van der Waals surface area contributed by atoms with E-state index in [-0.39, 0.29) is 17.4 Å². The Labute approximate surface area is 277 Å². The van der Waals surface area contributed by atoms with Gasteiger partial charge >= 0.3 is 17.9 Å². The minimum absolute atomic E-state index is 0. The highest BCUT2D eigenvalue weighted by molar-refractivity contribution is 5.75. The summed E-state index contributed by atoms with van der Waals surface area (Å²) in [5.74, 6) is -1.98. The van der Waals surface area contributed by atoms with Gasteiger partial charge in [-0.05, 0) is 19.3 Å². The molecular weight excluding hydrogens is 555 g/mol. The lowest BCUT2D eigenvalue weighted by Crippen LogP contribution is -1.93. The highest BCUT2D eigenvalue weighted by Gasteiger charge is 1.98. The molecule has 0 aromatic rings. The van der Waals surface area contributed by atoms with Crippen molar-refractivity contribution < 1.29 is 29.7 Å². The molecule has 43 heavy (non-hydrogen) atoms. The molecule has 0 aromatic carbocycles. The first-order valence-corrected chi connectivity index (χ1v) is 18.0. The van der Waals surface area contributed by atoms with E-state index >= 15 is 0 Å². The summed E-state index contributed by atoms with van der Waals surface area (Å²) in [6, 6.07) is 0. The SMILES string of the molecule is CCCCCCCCCCCC(=O)O.CCCCCCCCCCCC(=O)O.CCCCCCCCCCCC(=O)O.[Al]. The molecule has 0 heterocycles. The van der Waals surface area contributed by atoms with Gasteiger partial charge in [0.15, 0.2) is 0 Å². The molecule has 0 fully saturated rings. The quantitative estimate of drug-likeness (QED) is 0.0539. The van der Waals surface area contributed by atoms with Crippen LogP contribution in [0.25, 0.3) is 0 Å². The normalized spacial score (nSPS) is 10.1. The number of unbranched alkanes of at least 4 members (excludes halogenated alkanes) is 24. The van der Waals surface area contributed by atoms with Crippen LogP contribution < -0.4 is 0 Å². The van der Waals surface area contributed by atoms with Gasteiger partial charge in [0.1, 0.15) is 0 Å². The summed E-state index contributed by atoms with van der Waals surface area (Å²) in [5.41, 5.74) is 0. The summed E-state index contributed by atoms with van der Waals surface area (Å²) >= 11 is 0. The van der Waals surface area contributed by atoms with E-state index < -0.39 is 17.9 Å². The zero-order valence-electron chi connectivity index (χ0n) is 28.9. The van der Waals surface area contributed by atoms with E-state index in [0.717, 1.165) is 38.5 Å². The molecule has 7 heteroatoms. The fourth-order valence-electron chi connectivity index (χ4n) is 4.76. The van der Waals surface area contributed by atoms with Crippen LogP contribution in [-0.4, -0.2) is 50.6 Å². The number of carbonyl (C=O) groups is 3. The van der Waals surface area contributed by atoms with Crippen molar-refractivity contribution in [3.05, 3.63) is 0 Å². The third kappa shape index (κ3) is 60.9. The molecule has 0 spiro atoms. The topological polar surface area (TPSA) is 112 Å². The Morgan fingerprint density at radius 3 is 0.581 bits per heavy atom. The molecule has 0 atom stereocenters. The van der Waals surface area contributed by atoms with Crippen molar-refractivity contribution in [2.75, 3.05) is 0 Å². The van der Waals surface area contributed by atoms with E-state index in [1.54, 1.807) is 0 Å². The Bertz CT molecular complexity index is 480. The van der Waals surface area contributed by atoms with E-state index in [4.69, 9.17) is 15.3 Å². The molecule has 0 saturated carbocycles. The van der Waals surface area contributed by atoms with Crippen molar-refractivity contribution in [1.29, 1.82) is 0 Å². The van der Waals surface area contributed by atoms with E-state index in [1.165, 1.54) is 135 Å². The second-order valence-corrected chi connectivity index (χ2v) is 11.9. The molecule has 0 aliphatic carbocycles. The Kier molecular flexibility index (Phi) is 51.5. The summed E-state index contributed by atoms with van der Waals surface area (Å²) in [7, 11) is 0. The van der Waals surface area contributed by atoms with Gasteiger partial charge in [-0.2, -0.15) is 0 Å². The molecule has 0 bridgehead atoms. The molecule has 0 unspecified atom stereocenters. The largest absolute Gasteiger partial charge is 0.481 e. The number of carboxylic acid groups (broad SMARTS) is 3. The zero-order valence-corrected chi connectivity index (χ0v) is 30.0. The molecule has 3 radical (unpaired) electrons. The number of aliphatic carboxylic acids is 3. The molecule has 6 nitrogen and oxygen atoms in total. The molecular formula is C36H72AlO6. The van der Waals surface area contributed by atoms with Crippen molar-refractivity contribution in [2.45, 2.75) is 213 Å². The van der Waals surface area contributed by atoms with Crippen molar-refractivity contribution >= 4 is 35.3 Å². The lowest BCUT2D eigenvalue weighted by molar-refractivity contribution is -0.138. The molecule has 0 aromatic heterocycles. The minimum Gasteiger partial charge on any atom is -0.481 e. The number of carboxylic acids is 3. The first-order chi connectivity index (χ1) is 20.3. The maximum Gasteiger partial charge on any atom is 0.303 e. The van der Waals surface area contributed by atoms with Crippen LogP contribution in [0.3, 0.4) is 0 Å². The van der Waals surface area contributed by atoms with Crippen LogP contribution in [-0.2, 0) is 14.4 Å². The third-order valence-corrected chi connectivity index (χ3v) is 7.48. The third-order valence-electron chi connectivity index (χ3n) is 7.48. The van der Waals surface area contributed by atoms with Crippen LogP contribution in [0.15, 0.2) is 0 Å². The molecule has 0 aliphatic rings. The van der Waals surface area contributed by atoms with E-state index in [9.17, 15) is 14.4 Å². The van der Waals surface area contributed by atoms with Gasteiger partial charge in [0.25, 0.3) is 0 Å². The Morgan fingerprint density at radius 1 is 0.302 bits per heavy atom. The summed E-state index contributed by atoms with van der Waals surface area (Å²) in [6.07, 6.45) is 34.4. The molecule has 255 valence electrons. The average molecular weight is 628 g/mol. The van der Waals surface area contributed by atoms with Crippen LogP contribution in [0, 0.1) is 0 Å². The fourth-order valence-corrected chi connectivity index (χ4v) is 4.76. The molecule has 0 saturated heterocycles. The van der Waals surface area contributed by atoms with Crippen molar-refractivity contribution in [3.63, 3.8) is 0 Å². The molecule has 3 N–H and O–H groups in total. The predicted octanol–water partition coefficient (Wildman–Crippen LogP) is 11.6. The fraction of sp³-hybridized carbons (Fsp3) is 0.917. The Morgan fingerprint density at radius 2 is 0.442 bits per heavy atom. The first kappa shape index (κ1) is 48.8. The van der Waals surface area contributed by atoms with Gasteiger partial charge in [0, 0.05) is 36.6 Å². The average Bonchev–Trinajstić information content (AvgIpc) is 2.95. The second-order valence-electron chi connectivity index (χ2n) is 11.9. The van der Waals surface area contributed by atoms with Crippen LogP contribution in [0.4, 0.5) is 0 Å². The summed E-state index contributed by atoms with van der Waals surface area (Å²) < 4.78 is 0. The summed E-state index contributed by atoms with van der Waals surface area (Å²) in [5, 5.41) is 25.2. The minimum atomic E-state index is -0.659. The monoisotopic (exact) mass is 628 g/mol. The number of hydrogen-bond donors (Lipinski definition) is 3. The number of hydrogen-bond acceptors (Lipinski definition) is 3. The first-order valence-electron chi connectivity index (χ1n) is 18.0. The lowest BCUT2D eigenvalue weighted by Gasteiger charge is -2.00. The molecule has 0 rings (SSSR count). The van der Waals surface area contributed by atoms with Crippen LogP contribution >= 0.6 is 0 Å². The van der Waals surface area contributed by atoms with E-state index in [2.05, 4.69) is 20.8 Å². The van der Waals surface area contributed by atoms with Crippen LogP contribution in [0.1, 0.15) is 213 Å². The van der Waals surface area contributed by atoms with Crippen LogP contribution in [0.2, 0.25) is 0 Å². The summed E-state index contributed by atoms with van der Waals surface area (Å²) in [4.78, 5) is 30.6. The smallest absolute Gasteiger partial charge is 0.303 e. The van der Waals surface area contributed by atoms with Gasteiger partial charge < -0.3 is 15.3 Å². The second kappa shape index (κ2) is 45.4. The highest BCUT2D eigenvalue weighted by Crippen LogP contribution is 2.12. The Hall–Kier alpha value is -1.06. The van der Waals surface area contributed by atoms with Gasteiger partial charge in [0.2, 0.25) is 0 Å². The lowest BCUT2D eigenvalue weighted by atomic mass is 10.1. The van der Waals surface area contributed by atoms with Crippen LogP contribution in [0.5, 0.6) is 0 Å². The van der Waals surface area contributed by atoms with Gasteiger partial charge in [-0.3, -0.25) is 14.4 Å². The van der Waals surface area contributed by atoms with Gasteiger partial charge in [-0.15, -0.1) is 0 Å². The van der Waals surface area contributed by atoms with E-state index in [0.29, 0.717) is 19.3 Å². The predicted molar refractivity (Wildman–Crippen MR) is 184 cm³/mol. The summed E-state index contributed by atoms with van der Waals surface area (Å²) in [6.45, 7) is 6.68. The maximum absolute atomic E-state index is 10.2. The Balaban J connectivity index is -0.000000262. The van der Waals surface area contributed by atoms with E-state index in [1.807, 2.05) is 0 Å². The maximum atomic E-state index is 10.2. The molecule has 0 amide bonds. The van der Waals surface area contributed by atoms with Crippen molar-refractivity contribution in [1.82, 2.24) is 0 Å². The number of rotatable bonds is 30. The van der Waals surface area contributed by atoms with Gasteiger partial charge in [-0.25, -0.2) is 0 Å².